The van der Waals surface area contributed by atoms with Crippen LogP contribution in [0, 0.1) is 0 Å². The number of thiophene rings is 1. The standard InChI is InChI=1S/C12H19BrN2OS/c1-2-3-15-4-5-16-11(6-14)12(15)9-7-17-8-10(9)13/h7-8,11-12H,2-6,14H2,1H3. The molecule has 0 bridgehead atoms. The Balaban J connectivity index is 2.25. The Hall–Kier alpha value is 0.0600. The number of hydrogen-bond acceptors (Lipinski definition) is 4. The summed E-state index contributed by atoms with van der Waals surface area (Å²) in [6, 6.07) is 0.300. The normalized spacial score (nSPS) is 26.3. The molecular weight excluding hydrogens is 300 g/mol. The van der Waals surface area contributed by atoms with E-state index in [1.165, 1.54) is 10.0 Å². The molecule has 3 nitrogen and oxygen atoms in total. The van der Waals surface area contributed by atoms with Crippen LogP contribution in [0.1, 0.15) is 24.9 Å². The molecule has 0 aromatic carbocycles. The van der Waals surface area contributed by atoms with E-state index in [1.807, 2.05) is 0 Å². The van der Waals surface area contributed by atoms with Crippen LogP contribution in [-0.2, 0) is 4.74 Å². The quantitative estimate of drug-likeness (QED) is 0.927. The third kappa shape index (κ3) is 2.90. The molecule has 2 rings (SSSR count). The third-order valence-electron chi connectivity index (χ3n) is 3.16. The van der Waals surface area contributed by atoms with Crippen molar-refractivity contribution in [2.45, 2.75) is 25.5 Å². The lowest BCUT2D eigenvalue weighted by atomic mass is 10.0. The van der Waals surface area contributed by atoms with Gasteiger partial charge in [0.1, 0.15) is 0 Å². The molecule has 1 aromatic rings. The van der Waals surface area contributed by atoms with E-state index in [9.17, 15) is 0 Å². The Morgan fingerprint density at radius 1 is 1.59 bits per heavy atom. The van der Waals surface area contributed by atoms with Crippen LogP contribution in [0.4, 0.5) is 0 Å². The summed E-state index contributed by atoms with van der Waals surface area (Å²) in [5.74, 6) is 0. The maximum atomic E-state index is 5.84. The van der Waals surface area contributed by atoms with Crippen LogP contribution in [0.3, 0.4) is 0 Å². The highest BCUT2D eigenvalue weighted by Crippen LogP contribution is 2.35. The number of rotatable bonds is 4. The van der Waals surface area contributed by atoms with E-state index in [1.54, 1.807) is 11.3 Å². The van der Waals surface area contributed by atoms with Gasteiger partial charge < -0.3 is 10.5 Å². The maximum absolute atomic E-state index is 5.84. The molecule has 2 unspecified atom stereocenters. The van der Waals surface area contributed by atoms with Gasteiger partial charge in [-0.1, -0.05) is 6.92 Å². The zero-order valence-corrected chi connectivity index (χ0v) is 12.5. The average molecular weight is 319 g/mol. The van der Waals surface area contributed by atoms with E-state index < -0.39 is 0 Å². The van der Waals surface area contributed by atoms with Crippen molar-refractivity contribution in [3.8, 4) is 0 Å². The number of halogens is 1. The highest BCUT2D eigenvalue weighted by atomic mass is 79.9. The second kappa shape index (κ2) is 6.29. The van der Waals surface area contributed by atoms with Gasteiger partial charge in [-0.2, -0.15) is 11.3 Å². The van der Waals surface area contributed by atoms with Crippen LogP contribution >= 0.6 is 27.3 Å². The van der Waals surface area contributed by atoms with Gasteiger partial charge in [-0.25, -0.2) is 0 Å². The molecule has 5 heteroatoms. The van der Waals surface area contributed by atoms with Gasteiger partial charge in [-0.05, 0) is 39.8 Å². The third-order valence-corrected chi connectivity index (χ3v) is 4.91. The van der Waals surface area contributed by atoms with Crippen molar-refractivity contribution in [3.05, 3.63) is 20.8 Å². The van der Waals surface area contributed by atoms with Crippen LogP contribution in [0.2, 0.25) is 0 Å². The predicted octanol–water partition coefficient (Wildman–Crippen LogP) is 2.62. The van der Waals surface area contributed by atoms with E-state index in [0.717, 1.165) is 26.1 Å². The molecular formula is C12H19BrN2OS. The summed E-state index contributed by atoms with van der Waals surface area (Å²) in [6.07, 6.45) is 1.27. The molecule has 1 aliphatic rings. The molecule has 2 N–H and O–H groups in total. The van der Waals surface area contributed by atoms with Crippen LogP contribution < -0.4 is 5.73 Å². The molecule has 2 atom stereocenters. The monoisotopic (exact) mass is 318 g/mol. The van der Waals surface area contributed by atoms with E-state index in [0.29, 0.717) is 12.6 Å². The van der Waals surface area contributed by atoms with Crippen molar-refractivity contribution in [3.63, 3.8) is 0 Å². The Bertz CT molecular complexity index is 356. The van der Waals surface area contributed by atoms with Gasteiger partial charge >= 0.3 is 0 Å². The smallest absolute Gasteiger partial charge is 0.0895 e. The van der Waals surface area contributed by atoms with E-state index in [-0.39, 0.29) is 6.10 Å². The van der Waals surface area contributed by atoms with Gasteiger partial charge in [0.05, 0.1) is 18.8 Å². The summed E-state index contributed by atoms with van der Waals surface area (Å²) in [5, 5.41) is 4.33. The van der Waals surface area contributed by atoms with Crippen molar-refractivity contribution in [2.24, 2.45) is 5.73 Å². The molecule has 17 heavy (non-hydrogen) atoms. The Morgan fingerprint density at radius 3 is 3.00 bits per heavy atom. The molecule has 2 heterocycles. The van der Waals surface area contributed by atoms with E-state index >= 15 is 0 Å². The second-order valence-electron chi connectivity index (χ2n) is 4.30. The van der Waals surface area contributed by atoms with Crippen molar-refractivity contribution in [2.75, 3.05) is 26.2 Å². The summed E-state index contributed by atoms with van der Waals surface area (Å²) in [5.41, 5.74) is 7.16. The molecule has 0 radical (unpaired) electrons. The molecule has 96 valence electrons. The lowest BCUT2D eigenvalue weighted by Gasteiger charge is -2.41. The maximum Gasteiger partial charge on any atom is 0.0895 e. The molecule has 0 aliphatic carbocycles. The lowest BCUT2D eigenvalue weighted by Crippen LogP contribution is -2.48. The van der Waals surface area contributed by atoms with Crippen molar-refractivity contribution >= 4 is 27.3 Å². The van der Waals surface area contributed by atoms with Crippen LogP contribution in [0.25, 0.3) is 0 Å². The molecule has 1 saturated heterocycles. The first-order valence-corrected chi connectivity index (χ1v) is 7.78. The van der Waals surface area contributed by atoms with E-state index in [2.05, 4.69) is 38.5 Å². The summed E-state index contributed by atoms with van der Waals surface area (Å²) in [7, 11) is 0. The minimum absolute atomic E-state index is 0.112. The molecule has 1 fully saturated rings. The van der Waals surface area contributed by atoms with Crippen LogP contribution in [0.5, 0.6) is 0 Å². The Morgan fingerprint density at radius 2 is 2.41 bits per heavy atom. The summed E-state index contributed by atoms with van der Waals surface area (Å²) >= 11 is 5.35. The SMILES string of the molecule is CCCN1CCOC(CN)C1c1cscc1Br. The fraction of sp³-hybridized carbons (Fsp3) is 0.667. The van der Waals surface area contributed by atoms with Crippen molar-refractivity contribution in [1.29, 1.82) is 0 Å². The average Bonchev–Trinajstić information content (AvgIpc) is 2.75. The van der Waals surface area contributed by atoms with Gasteiger partial charge in [-0.15, -0.1) is 0 Å². The first kappa shape index (κ1) is 13.5. The molecule has 1 aliphatic heterocycles. The Labute approximate surface area is 115 Å². The minimum Gasteiger partial charge on any atom is -0.374 e. The van der Waals surface area contributed by atoms with Crippen molar-refractivity contribution < 1.29 is 4.74 Å². The van der Waals surface area contributed by atoms with Crippen LogP contribution in [-0.4, -0.2) is 37.2 Å². The highest BCUT2D eigenvalue weighted by Gasteiger charge is 2.33. The molecule has 0 spiro atoms. The first-order chi connectivity index (χ1) is 8.27. The lowest BCUT2D eigenvalue weighted by molar-refractivity contribution is -0.0677. The van der Waals surface area contributed by atoms with E-state index in [4.69, 9.17) is 10.5 Å². The topological polar surface area (TPSA) is 38.5 Å². The van der Waals surface area contributed by atoms with Gasteiger partial charge in [0, 0.05) is 22.9 Å². The molecule has 0 saturated carbocycles. The first-order valence-electron chi connectivity index (χ1n) is 6.05. The number of hydrogen-bond donors (Lipinski definition) is 1. The summed E-state index contributed by atoms with van der Waals surface area (Å²) < 4.78 is 6.99. The largest absolute Gasteiger partial charge is 0.374 e. The molecule has 1 aromatic heterocycles. The Kier molecular flexibility index (Phi) is 4.99. The number of nitrogens with zero attached hydrogens (tertiary/aromatic N) is 1. The predicted molar refractivity (Wildman–Crippen MR) is 75.4 cm³/mol. The fourth-order valence-electron chi connectivity index (χ4n) is 2.42. The van der Waals surface area contributed by atoms with Crippen molar-refractivity contribution in [1.82, 2.24) is 4.90 Å². The summed E-state index contributed by atoms with van der Waals surface area (Å²) in [4.78, 5) is 2.49. The zero-order chi connectivity index (χ0) is 12.3. The minimum atomic E-state index is 0.112. The zero-order valence-electron chi connectivity index (χ0n) is 10.1. The van der Waals surface area contributed by atoms with Crippen LogP contribution in [0.15, 0.2) is 15.2 Å². The van der Waals surface area contributed by atoms with Gasteiger partial charge in [0.15, 0.2) is 0 Å². The number of ether oxygens (including phenoxy) is 1. The van der Waals surface area contributed by atoms with Gasteiger partial charge in [0.25, 0.3) is 0 Å². The number of nitrogens with two attached hydrogens (primary N) is 1. The van der Waals surface area contributed by atoms with Gasteiger partial charge in [-0.3, -0.25) is 4.90 Å². The fourth-order valence-corrected chi connectivity index (χ4v) is 3.98. The summed E-state index contributed by atoms with van der Waals surface area (Å²) in [6.45, 7) is 5.68. The number of morpholine rings is 1. The second-order valence-corrected chi connectivity index (χ2v) is 5.90. The van der Waals surface area contributed by atoms with Gasteiger partial charge in [0.2, 0.25) is 0 Å². The highest BCUT2D eigenvalue weighted by molar-refractivity contribution is 9.10. The molecule has 0 amide bonds.